The van der Waals surface area contributed by atoms with Gasteiger partial charge in [-0.15, -0.1) is 0 Å². The van der Waals surface area contributed by atoms with Gasteiger partial charge in [-0.25, -0.2) is 4.79 Å². The number of hydrogen-bond donors (Lipinski definition) is 1. The zero-order valence-corrected chi connectivity index (χ0v) is 10.3. The minimum absolute atomic E-state index is 0.640. The summed E-state index contributed by atoms with van der Waals surface area (Å²) in [4.78, 5) is 10.3. The molecule has 0 fully saturated rings. The van der Waals surface area contributed by atoms with E-state index in [0.29, 0.717) is 5.02 Å². The third-order valence-electron chi connectivity index (χ3n) is 1.71. The van der Waals surface area contributed by atoms with Crippen LogP contribution in [0.1, 0.15) is 11.1 Å². The summed E-state index contributed by atoms with van der Waals surface area (Å²) in [6, 6.07) is 3.68. The maximum absolute atomic E-state index is 10.3. The third kappa shape index (κ3) is 2.99. The Balaban J connectivity index is 3.10. The summed E-state index contributed by atoms with van der Waals surface area (Å²) in [6.07, 6.45) is 2.64. The van der Waals surface area contributed by atoms with Gasteiger partial charge in [0.2, 0.25) is 0 Å². The Hall–Kier alpha value is -0.550. The van der Waals surface area contributed by atoms with Gasteiger partial charge in [0.05, 0.1) is 5.02 Å². The van der Waals surface area contributed by atoms with E-state index in [1.54, 1.807) is 12.1 Å². The van der Waals surface area contributed by atoms with Crippen molar-refractivity contribution in [1.29, 1.82) is 0 Å². The molecule has 1 aromatic carbocycles. The molecule has 0 aromatic heterocycles. The molecule has 2 nitrogen and oxygen atoms in total. The Labute approximate surface area is 101 Å². The summed E-state index contributed by atoms with van der Waals surface area (Å²) in [6.45, 7) is 1.92. The molecule has 1 rings (SSSR count). The number of carboxylic acids is 1. The van der Waals surface area contributed by atoms with Crippen LogP contribution in [0, 0.1) is 10.5 Å². The first-order valence-electron chi connectivity index (χ1n) is 3.87. The predicted octanol–water partition coefficient (Wildman–Crippen LogP) is 3.35. The first kappa shape index (κ1) is 11.5. The van der Waals surface area contributed by atoms with Crippen LogP contribution >= 0.6 is 34.2 Å². The number of benzene rings is 1. The molecule has 0 radical (unpaired) electrons. The average molecular weight is 323 g/mol. The van der Waals surface area contributed by atoms with Crippen LogP contribution in [0.15, 0.2) is 18.2 Å². The molecule has 0 heterocycles. The maximum Gasteiger partial charge on any atom is 0.328 e. The quantitative estimate of drug-likeness (QED) is 0.670. The van der Waals surface area contributed by atoms with Crippen molar-refractivity contribution in [3.8, 4) is 0 Å². The lowest BCUT2D eigenvalue weighted by atomic mass is 10.1. The zero-order chi connectivity index (χ0) is 10.7. The number of aryl methyl sites for hydroxylation is 1. The fourth-order valence-corrected chi connectivity index (χ4v) is 1.80. The van der Waals surface area contributed by atoms with Gasteiger partial charge >= 0.3 is 5.97 Å². The largest absolute Gasteiger partial charge is 0.478 e. The molecule has 0 aliphatic rings. The Bertz CT molecular complexity index is 399. The molecule has 0 aliphatic heterocycles. The van der Waals surface area contributed by atoms with Gasteiger partial charge in [0.15, 0.2) is 0 Å². The predicted molar refractivity (Wildman–Crippen MR) is 65.6 cm³/mol. The Kier molecular flexibility index (Phi) is 3.95. The smallest absolute Gasteiger partial charge is 0.328 e. The monoisotopic (exact) mass is 322 g/mol. The minimum Gasteiger partial charge on any atom is -0.478 e. The van der Waals surface area contributed by atoms with E-state index < -0.39 is 5.97 Å². The van der Waals surface area contributed by atoms with Gasteiger partial charge in [0.25, 0.3) is 0 Å². The Morgan fingerprint density at radius 2 is 2.21 bits per heavy atom. The van der Waals surface area contributed by atoms with E-state index in [9.17, 15) is 4.79 Å². The average Bonchev–Trinajstić information content (AvgIpc) is 2.09. The van der Waals surface area contributed by atoms with Crippen molar-refractivity contribution in [3.05, 3.63) is 37.9 Å². The van der Waals surface area contributed by atoms with E-state index in [1.807, 2.05) is 13.0 Å². The minimum atomic E-state index is -0.959. The first-order valence-corrected chi connectivity index (χ1v) is 5.33. The van der Waals surface area contributed by atoms with Crippen molar-refractivity contribution in [1.82, 2.24) is 0 Å². The number of carboxylic acid groups (broad SMARTS) is 1. The molecule has 0 unspecified atom stereocenters. The van der Waals surface area contributed by atoms with E-state index >= 15 is 0 Å². The molecule has 0 atom stereocenters. The highest BCUT2D eigenvalue weighted by atomic mass is 127. The summed E-state index contributed by atoms with van der Waals surface area (Å²) in [7, 11) is 0. The highest BCUT2D eigenvalue weighted by Crippen LogP contribution is 2.23. The van der Waals surface area contributed by atoms with Gasteiger partial charge in [-0.2, -0.15) is 0 Å². The molecule has 0 saturated carbocycles. The molecule has 74 valence electrons. The van der Waals surface area contributed by atoms with Crippen molar-refractivity contribution < 1.29 is 9.90 Å². The van der Waals surface area contributed by atoms with Gasteiger partial charge < -0.3 is 5.11 Å². The summed E-state index contributed by atoms with van der Waals surface area (Å²) in [5.41, 5.74) is 1.84. The number of hydrogen-bond acceptors (Lipinski definition) is 1. The molecule has 1 aromatic rings. The molecule has 1 N–H and O–H groups in total. The van der Waals surface area contributed by atoms with Crippen LogP contribution in [-0.4, -0.2) is 11.1 Å². The van der Waals surface area contributed by atoms with Crippen LogP contribution in [0.25, 0.3) is 6.08 Å². The summed E-state index contributed by atoms with van der Waals surface area (Å²) < 4.78 is 0.967. The second-order valence-corrected chi connectivity index (χ2v) is 4.36. The molecular formula is C10H8ClIO2. The molecular weight excluding hydrogens is 314 g/mol. The first-order chi connectivity index (χ1) is 6.50. The van der Waals surface area contributed by atoms with E-state index in [2.05, 4.69) is 22.6 Å². The lowest BCUT2D eigenvalue weighted by Gasteiger charge is -2.02. The summed E-state index contributed by atoms with van der Waals surface area (Å²) >= 11 is 8.05. The number of rotatable bonds is 2. The van der Waals surface area contributed by atoms with Gasteiger partial charge in [-0.1, -0.05) is 11.6 Å². The van der Waals surface area contributed by atoms with Crippen molar-refractivity contribution in [2.75, 3.05) is 0 Å². The third-order valence-corrected chi connectivity index (χ3v) is 3.24. The second kappa shape index (κ2) is 4.79. The van der Waals surface area contributed by atoms with Crippen molar-refractivity contribution in [2.24, 2.45) is 0 Å². The molecule has 0 bridgehead atoms. The fourth-order valence-electron chi connectivity index (χ4n) is 1.00. The lowest BCUT2D eigenvalue weighted by Crippen LogP contribution is -1.88. The summed E-state index contributed by atoms with van der Waals surface area (Å²) in [5, 5.41) is 9.11. The van der Waals surface area contributed by atoms with Crippen molar-refractivity contribution >= 4 is 46.2 Å². The van der Waals surface area contributed by atoms with E-state index in [-0.39, 0.29) is 0 Å². The number of aliphatic carboxylic acids is 1. The Morgan fingerprint density at radius 1 is 1.57 bits per heavy atom. The molecule has 4 heteroatoms. The van der Waals surface area contributed by atoms with Crippen LogP contribution in [0.3, 0.4) is 0 Å². The van der Waals surface area contributed by atoms with E-state index in [4.69, 9.17) is 16.7 Å². The molecule has 0 amide bonds. The fraction of sp³-hybridized carbons (Fsp3) is 0.100. The number of halogens is 2. The molecule has 14 heavy (non-hydrogen) atoms. The van der Waals surface area contributed by atoms with Gasteiger partial charge in [0.1, 0.15) is 0 Å². The van der Waals surface area contributed by atoms with E-state index in [0.717, 1.165) is 20.8 Å². The van der Waals surface area contributed by atoms with Crippen LogP contribution in [0.5, 0.6) is 0 Å². The SMILES string of the molecule is Cc1cc(I)c(Cl)cc1/C=C/C(=O)O. The highest BCUT2D eigenvalue weighted by molar-refractivity contribution is 14.1. The van der Waals surface area contributed by atoms with Crippen LogP contribution in [0.4, 0.5) is 0 Å². The Morgan fingerprint density at radius 3 is 2.79 bits per heavy atom. The van der Waals surface area contributed by atoms with Crippen molar-refractivity contribution in [2.45, 2.75) is 6.92 Å². The normalized spacial score (nSPS) is 10.8. The topological polar surface area (TPSA) is 37.3 Å². The van der Waals surface area contributed by atoms with Gasteiger partial charge in [-0.3, -0.25) is 0 Å². The summed E-state index contributed by atoms with van der Waals surface area (Å²) in [5.74, 6) is -0.959. The standard InChI is InChI=1S/C10H8ClIO2/c1-6-4-9(12)8(11)5-7(6)2-3-10(13)14/h2-5H,1H3,(H,13,14)/b3-2+. The van der Waals surface area contributed by atoms with Crippen molar-refractivity contribution in [3.63, 3.8) is 0 Å². The van der Waals surface area contributed by atoms with Gasteiger partial charge in [0, 0.05) is 9.65 Å². The maximum atomic E-state index is 10.3. The van der Waals surface area contributed by atoms with Gasteiger partial charge in [-0.05, 0) is 58.9 Å². The zero-order valence-electron chi connectivity index (χ0n) is 7.42. The van der Waals surface area contributed by atoms with Crippen LogP contribution in [-0.2, 0) is 4.79 Å². The van der Waals surface area contributed by atoms with Crippen LogP contribution in [0.2, 0.25) is 5.02 Å². The second-order valence-electron chi connectivity index (χ2n) is 2.79. The number of carbonyl (C=O) groups is 1. The van der Waals surface area contributed by atoms with Crippen LogP contribution < -0.4 is 0 Å². The molecule has 0 aliphatic carbocycles. The molecule has 0 spiro atoms. The lowest BCUT2D eigenvalue weighted by molar-refractivity contribution is -0.131. The highest BCUT2D eigenvalue weighted by Gasteiger charge is 2.01. The molecule has 0 saturated heterocycles. The van der Waals surface area contributed by atoms with E-state index in [1.165, 1.54) is 0 Å².